The first-order valence-electron chi connectivity index (χ1n) is 4.22. The summed E-state index contributed by atoms with van der Waals surface area (Å²) < 4.78 is 0. The van der Waals surface area contributed by atoms with Gasteiger partial charge in [0, 0.05) is 20.6 Å². The predicted molar refractivity (Wildman–Crippen MR) is 56.2 cm³/mol. The van der Waals surface area contributed by atoms with Gasteiger partial charge in [0.2, 0.25) is 0 Å². The SMILES string of the molecule is CN(C)C=Nc1cccc(CN)c1. The molecular weight excluding hydrogens is 162 g/mol. The molecule has 0 saturated heterocycles. The van der Waals surface area contributed by atoms with Crippen LogP contribution < -0.4 is 5.73 Å². The van der Waals surface area contributed by atoms with Crippen LogP contribution in [-0.4, -0.2) is 25.3 Å². The van der Waals surface area contributed by atoms with E-state index in [9.17, 15) is 0 Å². The number of nitrogens with zero attached hydrogens (tertiary/aromatic N) is 2. The molecule has 0 fully saturated rings. The van der Waals surface area contributed by atoms with Crippen molar-refractivity contribution in [3.05, 3.63) is 29.8 Å². The molecule has 3 heteroatoms. The molecule has 0 aliphatic carbocycles. The van der Waals surface area contributed by atoms with Crippen molar-refractivity contribution < 1.29 is 0 Å². The Hall–Kier alpha value is -1.35. The van der Waals surface area contributed by atoms with Crippen LogP contribution in [-0.2, 0) is 6.54 Å². The summed E-state index contributed by atoms with van der Waals surface area (Å²) in [5.41, 5.74) is 7.56. The Morgan fingerprint density at radius 2 is 2.23 bits per heavy atom. The molecule has 70 valence electrons. The van der Waals surface area contributed by atoms with Gasteiger partial charge in [0.25, 0.3) is 0 Å². The molecule has 0 heterocycles. The second kappa shape index (κ2) is 4.62. The minimum absolute atomic E-state index is 0.561. The van der Waals surface area contributed by atoms with E-state index in [1.165, 1.54) is 0 Å². The standard InChI is InChI=1S/C10H15N3/c1-13(2)8-12-10-5-3-4-9(6-10)7-11/h3-6,8H,7,11H2,1-2H3. The van der Waals surface area contributed by atoms with E-state index in [4.69, 9.17) is 5.73 Å². The molecule has 0 unspecified atom stereocenters. The fourth-order valence-corrected chi connectivity index (χ4v) is 0.946. The maximum absolute atomic E-state index is 5.51. The Morgan fingerprint density at radius 1 is 1.46 bits per heavy atom. The Kier molecular flexibility index (Phi) is 3.46. The van der Waals surface area contributed by atoms with Crippen molar-refractivity contribution >= 4 is 12.0 Å². The average Bonchev–Trinajstić information content (AvgIpc) is 2.15. The lowest BCUT2D eigenvalue weighted by molar-refractivity contribution is 0.643. The zero-order chi connectivity index (χ0) is 9.68. The summed E-state index contributed by atoms with van der Waals surface area (Å²) in [5, 5.41) is 0. The van der Waals surface area contributed by atoms with Gasteiger partial charge in [0.1, 0.15) is 0 Å². The first kappa shape index (κ1) is 9.74. The molecule has 0 aliphatic heterocycles. The van der Waals surface area contributed by atoms with Crippen LogP contribution in [0.1, 0.15) is 5.56 Å². The molecule has 1 rings (SSSR count). The second-order valence-corrected chi connectivity index (χ2v) is 3.08. The van der Waals surface area contributed by atoms with Crippen molar-refractivity contribution in [3.8, 4) is 0 Å². The van der Waals surface area contributed by atoms with E-state index in [1.807, 2.05) is 43.3 Å². The maximum atomic E-state index is 5.51. The predicted octanol–water partition coefficient (Wildman–Crippen LogP) is 1.37. The number of benzene rings is 1. The summed E-state index contributed by atoms with van der Waals surface area (Å²) >= 11 is 0. The van der Waals surface area contributed by atoms with E-state index in [1.54, 1.807) is 6.34 Å². The summed E-state index contributed by atoms with van der Waals surface area (Å²) in [5.74, 6) is 0. The smallest absolute Gasteiger partial charge is 0.0907 e. The van der Waals surface area contributed by atoms with E-state index < -0.39 is 0 Å². The number of aliphatic imine (C=N–C) groups is 1. The molecule has 2 N–H and O–H groups in total. The summed E-state index contributed by atoms with van der Waals surface area (Å²) in [7, 11) is 3.88. The third-order valence-electron chi connectivity index (χ3n) is 1.58. The Balaban J connectivity index is 2.77. The van der Waals surface area contributed by atoms with E-state index in [0.717, 1.165) is 11.3 Å². The average molecular weight is 177 g/mol. The van der Waals surface area contributed by atoms with Crippen LogP contribution >= 0.6 is 0 Å². The molecule has 0 amide bonds. The van der Waals surface area contributed by atoms with Gasteiger partial charge in [-0.1, -0.05) is 12.1 Å². The van der Waals surface area contributed by atoms with Gasteiger partial charge >= 0.3 is 0 Å². The first-order chi connectivity index (χ1) is 6.22. The molecule has 0 radical (unpaired) electrons. The fourth-order valence-electron chi connectivity index (χ4n) is 0.946. The molecule has 0 spiro atoms. The number of rotatable bonds is 3. The molecular formula is C10H15N3. The van der Waals surface area contributed by atoms with Crippen molar-refractivity contribution in [2.24, 2.45) is 10.7 Å². The summed E-state index contributed by atoms with van der Waals surface area (Å²) in [6.45, 7) is 0.561. The lowest BCUT2D eigenvalue weighted by atomic mass is 10.2. The van der Waals surface area contributed by atoms with Crippen LogP contribution in [0.15, 0.2) is 29.3 Å². The highest BCUT2D eigenvalue weighted by Gasteiger charge is 1.90. The summed E-state index contributed by atoms with van der Waals surface area (Å²) in [6, 6.07) is 7.90. The quantitative estimate of drug-likeness (QED) is 0.559. The van der Waals surface area contributed by atoms with Gasteiger partial charge in [0.05, 0.1) is 12.0 Å². The molecule has 3 nitrogen and oxygen atoms in total. The van der Waals surface area contributed by atoms with Crippen LogP contribution in [0.5, 0.6) is 0 Å². The van der Waals surface area contributed by atoms with Gasteiger partial charge in [-0.2, -0.15) is 0 Å². The summed E-state index contributed by atoms with van der Waals surface area (Å²) in [4.78, 5) is 6.16. The highest BCUT2D eigenvalue weighted by atomic mass is 15.1. The van der Waals surface area contributed by atoms with Gasteiger partial charge in [-0.15, -0.1) is 0 Å². The zero-order valence-electron chi connectivity index (χ0n) is 8.07. The molecule has 0 saturated carbocycles. The normalized spacial score (nSPS) is 10.7. The largest absolute Gasteiger partial charge is 0.369 e. The zero-order valence-corrected chi connectivity index (χ0v) is 8.07. The van der Waals surface area contributed by atoms with Crippen LogP contribution in [0.3, 0.4) is 0 Å². The van der Waals surface area contributed by atoms with Crippen LogP contribution in [0.2, 0.25) is 0 Å². The Morgan fingerprint density at radius 3 is 2.85 bits per heavy atom. The van der Waals surface area contributed by atoms with E-state index in [-0.39, 0.29) is 0 Å². The van der Waals surface area contributed by atoms with Crippen molar-refractivity contribution in [1.82, 2.24) is 4.90 Å². The molecule has 1 aromatic carbocycles. The van der Waals surface area contributed by atoms with E-state index in [2.05, 4.69) is 4.99 Å². The van der Waals surface area contributed by atoms with Gasteiger partial charge in [-0.25, -0.2) is 4.99 Å². The lowest BCUT2D eigenvalue weighted by Crippen LogP contribution is -2.07. The first-order valence-corrected chi connectivity index (χ1v) is 4.22. The maximum Gasteiger partial charge on any atom is 0.0907 e. The lowest BCUT2D eigenvalue weighted by Gasteiger charge is -2.02. The van der Waals surface area contributed by atoms with Crippen LogP contribution in [0.25, 0.3) is 0 Å². The Labute approximate surface area is 78.9 Å². The third-order valence-corrected chi connectivity index (χ3v) is 1.58. The van der Waals surface area contributed by atoms with Gasteiger partial charge in [-0.05, 0) is 17.7 Å². The molecule has 0 aromatic heterocycles. The molecule has 0 atom stereocenters. The molecule has 13 heavy (non-hydrogen) atoms. The molecule has 1 aromatic rings. The Bertz CT molecular complexity index is 292. The van der Waals surface area contributed by atoms with Crippen molar-refractivity contribution in [2.75, 3.05) is 14.1 Å². The van der Waals surface area contributed by atoms with Crippen LogP contribution in [0.4, 0.5) is 5.69 Å². The second-order valence-electron chi connectivity index (χ2n) is 3.08. The van der Waals surface area contributed by atoms with Gasteiger partial charge < -0.3 is 10.6 Å². The monoisotopic (exact) mass is 177 g/mol. The highest BCUT2D eigenvalue weighted by Crippen LogP contribution is 2.12. The van der Waals surface area contributed by atoms with Crippen molar-refractivity contribution in [1.29, 1.82) is 0 Å². The van der Waals surface area contributed by atoms with E-state index >= 15 is 0 Å². The minimum Gasteiger partial charge on any atom is -0.369 e. The third kappa shape index (κ3) is 3.25. The molecule has 0 aliphatic rings. The van der Waals surface area contributed by atoms with E-state index in [0.29, 0.717) is 6.54 Å². The topological polar surface area (TPSA) is 41.6 Å². The van der Waals surface area contributed by atoms with Crippen molar-refractivity contribution in [3.63, 3.8) is 0 Å². The number of nitrogens with two attached hydrogens (primary N) is 1. The minimum atomic E-state index is 0.561. The van der Waals surface area contributed by atoms with Crippen LogP contribution in [0, 0.1) is 0 Å². The fraction of sp³-hybridized carbons (Fsp3) is 0.300. The highest BCUT2D eigenvalue weighted by molar-refractivity contribution is 5.60. The van der Waals surface area contributed by atoms with Crippen molar-refractivity contribution in [2.45, 2.75) is 6.54 Å². The van der Waals surface area contributed by atoms with Gasteiger partial charge in [0.15, 0.2) is 0 Å². The number of hydrogen-bond donors (Lipinski definition) is 1. The number of hydrogen-bond acceptors (Lipinski definition) is 2. The molecule has 0 bridgehead atoms. The summed E-state index contributed by atoms with van der Waals surface area (Å²) in [6.07, 6.45) is 1.77. The van der Waals surface area contributed by atoms with Gasteiger partial charge in [-0.3, -0.25) is 0 Å².